The van der Waals surface area contributed by atoms with Crippen LogP contribution in [0, 0.1) is 13.8 Å². The Bertz CT molecular complexity index is 1070. The highest BCUT2D eigenvalue weighted by molar-refractivity contribution is 5.47. The quantitative estimate of drug-likeness (QED) is 0.514. The summed E-state index contributed by atoms with van der Waals surface area (Å²) in [5.41, 5.74) is 5.09. The zero-order valence-electron chi connectivity index (χ0n) is 16.2. The number of hydrogen-bond acceptors (Lipinski definition) is 6. The minimum atomic E-state index is 0.510. The number of rotatable bonds is 6. The smallest absolute Gasteiger partial charge is 0.241 e. The first-order valence-electron chi connectivity index (χ1n) is 9.13. The van der Waals surface area contributed by atoms with Gasteiger partial charge in [-0.05, 0) is 56.8 Å². The van der Waals surface area contributed by atoms with Gasteiger partial charge in [0.1, 0.15) is 5.69 Å². The summed E-state index contributed by atoms with van der Waals surface area (Å²) < 4.78 is 7.35. The maximum absolute atomic E-state index is 5.38. The maximum atomic E-state index is 5.38. The number of pyridine rings is 1. The third-order valence-corrected chi connectivity index (χ3v) is 4.38. The lowest BCUT2D eigenvalue weighted by molar-refractivity contribution is 0.261. The molecule has 0 aliphatic carbocycles. The van der Waals surface area contributed by atoms with Gasteiger partial charge in [-0.15, -0.1) is 0 Å². The van der Waals surface area contributed by atoms with E-state index in [2.05, 4.69) is 62.4 Å². The number of aryl methyl sites for hydroxylation is 2. The van der Waals surface area contributed by atoms with Crippen LogP contribution in [0.1, 0.15) is 22.8 Å². The molecule has 0 amide bonds. The Morgan fingerprint density at radius 1 is 1.04 bits per heavy atom. The molecule has 0 aliphatic rings. The van der Waals surface area contributed by atoms with E-state index in [1.165, 1.54) is 5.56 Å². The van der Waals surface area contributed by atoms with E-state index in [1.54, 1.807) is 6.20 Å². The van der Waals surface area contributed by atoms with Gasteiger partial charge in [-0.25, -0.2) is 4.68 Å². The van der Waals surface area contributed by atoms with Gasteiger partial charge in [0.2, 0.25) is 11.7 Å². The first-order chi connectivity index (χ1) is 13.6. The fraction of sp³-hybridized carbons (Fsp3) is 0.238. The van der Waals surface area contributed by atoms with Crippen LogP contribution in [0.25, 0.3) is 17.2 Å². The molecule has 142 valence electrons. The molecule has 7 heteroatoms. The second-order valence-electron chi connectivity index (χ2n) is 6.91. The number of hydrogen-bond donors (Lipinski definition) is 0. The van der Waals surface area contributed by atoms with Gasteiger partial charge in [0, 0.05) is 18.4 Å². The van der Waals surface area contributed by atoms with Crippen molar-refractivity contribution in [2.75, 3.05) is 7.05 Å². The maximum Gasteiger partial charge on any atom is 0.241 e. The molecule has 0 bridgehead atoms. The lowest BCUT2D eigenvalue weighted by Gasteiger charge is -2.15. The Hall–Kier alpha value is -3.32. The van der Waals surface area contributed by atoms with Crippen LogP contribution in [0.2, 0.25) is 0 Å². The van der Waals surface area contributed by atoms with Gasteiger partial charge in [0.25, 0.3) is 0 Å². The predicted octanol–water partition coefficient (Wildman–Crippen LogP) is 3.57. The number of benzene rings is 1. The van der Waals surface area contributed by atoms with E-state index < -0.39 is 0 Å². The molecule has 1 aromatic carbocycles. The molecule has 3 heterocycles. The summed E-state index contributed by atoms with van der Waals surface area (Å²) in [6.45, 7) is 5.39. The third-order valence-electron chi connectivity index (χ3n) is 4.38. The van der Waals surface area contributed by atoms with Gasteiger partial charge in [-0.3, -0.25) is 9.88 Å². The first kappa shape index (κ1) is 18.1. The van der Waals surface area contributed by atoms with Gasteiger partial charge in [-0.2, -0.15) is 10.1 Å². The Balaban J connectivity index is 1.44. The molecule has 0 N–H and O–H groups in total. The van der Waals surface area contributed by atoms with Crippen molar-refractivity contribution in [1.82, 2.24) is 29.8 Å². The summed E-state index contributed by atoms with van der Waals surface area (Å²) in [6.07, 6.45) is 1.72. The van der Waals surface area contributed by atoms with E-state index in [-0.39, 0.29) is 0 Å². The fourth-order valence-electron chi connectivity index (χ4n) is 3.19. The molecule has 0 radical (unpaired) electrons. The van der Waals surface area contributed by atoms with Crippen LogP contribution in [0.4, 0.5) is 0 Å². The average molecular weight is 374 g/mol. The minimum absolute atomic E-state index is 0.510. The van der Waals surface area contributed by atoms with Crippen LogP contribution in [-0.4, -0.2) is 36.9 Å². The van der Waals surface area contributed by atoms with E-state index in [1.807, 2.05) is 36.9 Å². The van der Waals surface area contributed by atoms with E-state index in [0.29, 0.717) is 24.0 Å². The average Bonchev–Trinajstić information content (AvgIpc) is 3.28. The minimum Gasteiger partial charge on any atom is -0.337 e. The van der Waals surface area contributed by atoms with Crippen LogP contribution in [0.15, 0.2) is 59.3 Å². The SMILES string of the molecule is Cc1cc(C)n(-c2cccc(CN(C)Cc3nc(-c4ccccn4)no3)c2)n1. The molecule has 0 saturated heterocycles. The fourth-order valence-corrected chi connectivity index (χ4v) is 3.19. The summed E-state index contributed by atoms with van der Waals surface area (Å²) >= 11 is 0. The lowest BCUT2D eigenvalue weighted by Crippen LogP contribution is -2.17. The molecule has 28 heavy (non-hydrogen) atoms. The van der Waals surface area contributed by atoms with Gasteiger partial charge < -0.3 is 4.52 Å². The summed E-state index contributed by atoms with van der Waals surface area (Å²) in [5.74, 6) is 1.08. The van der Waals surface area contributed by atoms with Crippen molar-refractivity contribution < 1.29 is 4.52 Å². The van der Waals surface area contributed by atoms with Crippen molar-refractivity contribution in [2.45, 2.75) is 26.9 Å². The molecule has 4 aromatic rings. The molecular formula is C21H22N6O. The molecule has 0 fully saturated rings. The Morgan fingerprint density at radius 2 is 1.93 bits per heavy atom. The second kappa shape index (κ2) is 7.74. The zero-order chi connectivity index (χ0) is 19.5. The molecule has 7 nitrogen and oxygen atoms in total. The highest BCUT2D eigenvalue weighted by Gasteiger charge is 2.12. The normalized spacial score (nSPS) is 11.3. The Labute approximate surface area is 163 Å². The van der Waals surface area contributed by atoms with Crippen molar-refractivity contribution in [3.8, 4) is 17.2 Å². The monoisotopic (exact) mass is 374 g/mol. The summed E-state index contributed by atoms with van der Waals surface area (Å²) in [4.78, 5) is 10.8. The van der Waals surface area contributed by atoms with Gasteiger partial charge in [0.05, 0.1) is 17.9 Å². The molecular weight excluding hydrogens is 352 g/mol. The highest BCUT2D eigenvalue weighted by atomic mass is 16.5. The highest BCUT2D eigenvalue weighted by Crippen LogP contribution is 2.16. The van der Waals surface area contributed by atoms with E-state index in [9.17, 15) is 0 Å². The second-order valence-corrected chi connectivity index (χ2v) is 6.91. The number of nitrogens with zero attached hydrogens (tertiary/aromatic N) is 6. The molecule has 0 aliphatic heterocycles. The zero-order valence-corrected chi connectivity index (χ0v) is 16.2. The molecule has 0 atom stereocenters. The van der Waals surface area contributed by atoms with Crippen LogP contribution < -0.4 is 0 Å². The van der Waals surface area contributed by atoms with Gasteiger partial charge in [-0.1, -0.05) is 23.4 Å². The van der Waals surface area contributed by atoms with Crippen LogP contribution in [0.5, 0.6) is 0 Å². The lowest BCUT2D eigenvalue weighted by atomic mass is 10.2. The third kappa shape index (κ3) is 3.99. The van der Waals surface area contributed by atoms with Crippen molar-refractivity contribution in [3.05, 3.63) is 77.6 Å². The van der Waals surface area contributed by atoms with Crippen molar-refractivity contribution in [3.63, 3.8) is 0 Å². The summed E-state index contributed by atoms with van der Waals surface area (Å²) in [6, 6.07) is 16.1. The molecule has 0 spiro atoms. The molecule has 0 unspecified atom stereocenters. The summed E-state index contributed by atoms with van der Waals surface area (Å²) in [7, 11) is 2.03. The van der Waals surface area contributed by atoms with Crippen LogP contribution in [0.3, 0.4) is 0 Å². The van der Waals surface area contributed by atoms with E-state index in [4.69, 9.17) is 4.52 Å². The molecule has 0 saturated carbocycles. The Morgan fingerprint density at radius 3 is 2.68 bits per heavy atom. The van der Waals surface area contributed by atoms with Crippen molar-refractivity contribution in [2.24, 2.45) is 0 Å². The Kier molecular flexibility index (Phi) is 4.99. The first-order valence-corrected chi connectivity index (χ1v) is 9.13. The largest absolute Gasteiger partial charge is 0.337 e. The van der Waals surface area contributed by atoms with E-state index >= 15 is 0 Å². The predicted molar refractivity (Wildman–Crippen MR) is 106 cm³/mol. The number of aromatic nitrogens is 5. The van der Waals surface area contributed by atoms with Gasteiger partial charge >= 0.3 is 0 Å². The van der Waals surface area contributed by atoms with E-state index in [0.717, 1.165) is 23.6 Å². The summed E-state index contributed by atoms with van der Waals surface area (Å²) in [5, 5.41) is 8.59. The van der Waals surface area contributed by atoms with Crippen molar-refractivity contribution >= 4 is 0 Å². The topological polar surface area (TPSA) is 72.9 Å². The van der Waals surface area contributed by atoms with Crippen LogP contribution in [-0.2, 0) is 13.1 Å². The standard InChI is InChI=1S/C21H22N6O/c1-15-11-16(2)27(24-15)18-8-6-7-17(12-18)13-26(3)14-20-23-21(25-28-20)19-9-4-5-10-22-19/h4-12H,13-14H2,1-3H3. The van der Waals surface area contributed by atoms with Crippen molar-refractivity contribution in [1.29, 1.82) is 0 Å². The molecule has 3 aromatic heterocycles. The van der Waals surface area contributed by atoms with Gasteiger partial charge in [0.15, 0.2) is 0 Å². The molecule has 4 rings (SSSR count). The van der Waals surface area contributed by atoms with Crippen LogP contribution >= 0.6 is 0 Å².